The summed E-state index contributed by atoms with van der Waals surface area (Å²) in [6.07, 6.45) is 3.41. The first-order valence-electron chi connectivity index (χ1n) is 10.2. The Balaban J connectivity index is 1.76. The molecule has 1 amide bonds. The Morgan fingerprint density at radius 3 is 2.31 bits per heavy atom. The van der Waals surface area contributed by atoms with Gasteiger partial charge < -0.3 is 9.64 Å². The first kappa shape index (κ1) is 21.7. The molecule has 0 aliphatic carbocycles. The zero-order chi connectivity index (χ0) is 22.5. The largest absolute Gasteiger partial charge is 0.462 e. The second-order valence-electron chi connectivity index (χ2n) is 7.15. The van der Waals surface area contributed by atoms with Crippen molar-refractivity contribution in [1.29, 1.82) is 0 Å². The Morgan fingerprint density at radius 2 is 1.59 bits per heavy atom. The number of fused-ring (bicyclic) bond motifs is 1. The van der Waals surface area contributed by atoms with Gasteiger partial charge in [-0.15, -0.1) is 0 Å². The highest BCUT2D eigenvalue weighted by molar-refractivity contribution is 9.10. The zero-order valence-corrected chi connectivity index (χ0v) is 19.1. The Bertz CT molecular complexity index is 1260. The minimum absolute atomic E-state index is 0.130. The van der Waals surface area contributed by atoms with Crippen LogP contribution in [0.1, 0.15) is 33.2 Å². The van der Waals surface area contributed by atoms with Crippen molar-refractivity contribution in [3.8, 4) is 0 Å². The summed E-state index contributed by atoms with van der Waals surface area (Å²) in [4.78, 5) is 31.6. The van der Waals surface area contributed by atoms with Gasteiger partial charge in [0.25, 0.3) is 5.91 Å². The summed E-state index contributed by atoms with van der Waals surface area (Å²) in [7, 11) is 0. The van der Waals surface area contributed by atoms with Crippen LogP contribution in [-0.4, -0.2) is 23.5 Å². The van der Waals surface area contributed by atoms with Gasteiger partial charge in [0.1, 0.15) is 0 Å². The summed E-state index contributed by atoms with van der Waals surface area (Å²) in [5.74, 6) is -0.514. The van der Waals surface area contributed by atoms with Crippen LogP contribution in [0.15, 0.2) is 89.7 Å². The van der Waals surface area contributed by atoms with Crippen molar-refractivity contribution >= 4 is 44.3 Å². The Kier molecular flexibility index (Phi) is 6.61. The van der Waals surface area contributed by atoms with Gasteiger partial charge in [0.15, 0.2) is 0 Å². The van der Waals surface area contributed by atoms with Gasteiger partial charge in [0.05, 0.1) is 18.7 Å². The first-order chi connectivity index (χ1) is 15.6. The summed E-state index contributed by atoms with van der Waals surface area (Å²) >= 11 is 3.57. The van der Waals surface area contributed by atoms with E-state index in [1.165, 1.54) is 0 Å². The number of nitrogens with zero attached hydrogens (tertiary/aromatic N) is 2. The van der Waals surface area contributed by atoms with Crippen molar-refractivity contribution in [3.05, 3.63) is 106 Å². The van der Waals surface area contributed by atoms with Gasteiger partial charge in [-0.1, -0.05) is 40.2 Å². The molecule has 6 heteroatoms. The standard InChI is InChI=1S/C26H21BrN2O3/c1-2-32-26(31)19-9-11-20(12-10-19)29(17-18-13-15-28-16-14-18)25(30)23-7-3-6-22-21(23)5-4-8-24(22)27/h3-16H,2,17H2,1H3. The second-order valence-corrected chi connectivity index (χ2v) is 8.01. The maximum atomic E-state index is 13.8. The number of rotatable bonds is 6. The van der Waals surface area contributed by atoms with Gasteiger partial charge in [0, 0.05) is 28.1 Å². The number of anilines is 1. The highest BCUT2D eigenvalue weighted by atomic mass is 79.9. The number of carbonyl (C=O) groups is 2. The Hall–Kier alpha value is -3.51. The number of ether oxygens (including phenoxy) is 1. The number of amides is 1. The average Bonchev–Trinajstić information content (AvgIpc) is 2.83. The zero-order valence-electron chi connectivity index (χ0n) is 17.5. The van der Waals surface area contributed by atoms with E-state index in [1.807, 2.05) is 48.5 Å². The molecule has 0 aliphatic rings. The second kappa shape index (κ2) is 9.75. The van der Waals surface area contributed by atoms with E-state index in [4.69, 9.17) is 4.74 Å². The fourth-order valence-corrected chi connectivity index (χ4v) is 4.04. The summed E-state index contributed by atoms with van der Waals surface area (Å²) in [6.45, 7) is 2.44. The number of benzene rings is 3. The fourth-order valence-electron chi connectivity index (χ4n) is 3.55. The van der Waals surface area contributed by atoms with Crippen LogP contribution in [0.4, 0.5) is 5.69 Å². The quantitative estimate of drug-likeness (QED) is 0.311. The highest BCUT2D eigenvalue weighted by Crippen LogP contribution is 2.29. The number of hydrogen-bond donors (Lipinski definition) is 0. The lowest BCUT2D eigenvalue weighted by Gasteiger charge is -2.24. The summed E-state index contributed by atoms with van der Waals surface area (Å²) < 4.78 is 6.00. The molecule has 32 heavy (non-hydrogen) atoms. The summed E-state index contributed by atoms with van der Waals surface area (Å²) in [6, 6.07) is 22.2. The van der Waals surface area contributed by atoms with Crippen LogP contribution in [-0.2, 0) is 11.3 Å². The minimum atomic E-state index is -0.384. The third-order valence-electron chi connectivity index (χ3n) is 5.12. The minimum Gasteiger partial charge on any atom is -0.462 e. The van der Waals surface area contributed by atoms with Gasteiger partial charge in [-0.3, -0.25) is 9.78 Å². The van der Waals surface area contributed by atoms with E-state index in [1.54, 1.807) is 48.5 Å². The molecule has 0 radical (unpaired) electrons. The topological polar surface area (TPSA) is 59.5 Å². The number of esters is 1. The Morgan fingerprint density at radius 1 is 0.906 bits per heavy atom. The number of carbonyl (C=O) groups excluding carboxylic acids is 2. The maximum Gasteiger partial charge on any atom is 0.338 e. The molecule has 1 aromatic heterocycles. The van der Waals surface area contributed by atoms with Crippen molar-refractivity contribution in [1.82, 2.24) is 4.98 Å². The van der Waals surface area contributed by atoms with Gasteiger partial charge in [-0.25, -0.2) is 4.79 Å². The number of halogens is 1. The van der Waals surface area contributed by atoms with E-state index in [9.17, 15) is 9.59 Å². The number of hydrogen-bond acceptors (Lipinski definition) is 4. The van der Waals surface area contributed by atoms with Crippen LogP contribution in [0, 0.1) is 0 Å². The first-order valence-corrected chi connectivity index (χ1v) is 11.0. The lowest BCUT2D eigenvalue weighted by Crippen LogP contribution is -2.30. The van der Waals surface area contributed by atoms with Crippen LogP contribution in [0.2, 0.25) is 0 Å². The molecule has 1 heterocycles. The summed E-state index contributed by atoms with van der Waals surface area (Å²) in [5, 5.41) is 1.84. The monoisotopic (exact) mass is 488 g/mol. The SMILES string of the molecule is CCOC(=O)c1ccc(N(Cc2ccncc2)C(=O)c2cccc3c(Br)cccc23)cc1. The number of pyridine rings is 1. The van der Waals surface area contributed by atoms with Crippen LogP contribution in [0.5, 0.6) is 0 Å². The molecule has 5 nitrogen and oxygen atoms in total. The highest BCUT2D eigenvalue weighted by Gasteiger charge is 2.21. The van der Waals surface area contributed by atoms with Gasteiger partial charge in [-0.05, 0) is 71.8 Å². The lowest BCUT2D eigenvalue weighted by molar-refractivity contribution is 0.0526. The molecule has 0 N–H and O–H groups in total. The van der Waals surface area contributed by atoms with E-state index in [-0.39, 0.29) is 11.9 Å². The lowest BCUT2D eigenvalue weighted by atomic mass is 10.0. The molecule has 4 aromatic rings. The molecule has 0 saturated carbocycles. The molecule has 0 saturated heterocycles. The normalized spacial score (nSPS) is 10.7. The van der Waals surface area contributed by atoms with Crippen molar-refractivity contribution in [3.63, 3.8) is 0 Å². The molecule has 0 atom stereocenters. The van der Waals surface area contributed by atoms with E-state index in [0.717, 1.165) is 20.8 Å². The molecule has 4 rings (SSSR count). The van der Waals surface area contributed by atoms with E-state index in [2.05, 4.69) is 20.9 Å². The van der Waals surface area contributed by atoms with Crippen molar-refractivity contribution in [2.75, 3.05) is 11.5 Å². The van der Waals surface area contributed by atoms with Crippen LogP contribution in [0.3, 0.4) is 0 Å². The molecular formula is C26H21BrN2O3. The van der Waals surface area contributed by atoms with Crippen LogP contribution in [0.25, 0.3) is 10.8 Å². The predicted octanol–water partition coefficient (Wildman–Crippen LogP) is 6.02. The van der Waals surface area contributed by atoms with E-state index >= 15 is 0 Å². The predicted molar refractivity (Wildman–Crippen MR) is 129 cm³/mol. The van der Waals surface area contributed by atoms with E-state index in [0.29, 0.717) is 30.0 Å². The molecule has 0 unspecified atom stereocenters. The summed E-state index contributed by atoms with van der Waals surface area (Å²) in [5.41, 5.74) is 2.68. The molecule has 0 spiro atoms. The third-order valence-corrected chi connectivity index (χ3v) is 5.82. The fraction of sp³-hybridized carbons (Fsp3) is 0.115. The van der Waals surface area contributed by atoms with Crippen molar-refractivity contribution in [2.45, 2.75) is 13.5 Å². The molecule has 160 valence electrons. The maximum absolute atomic E-state index is 13.8. The molecule has 3 aromatic carbocycles. The van der Waals surface area contributed by atoms with E-state index < -0.39 is 0 Å². The van der Waals surface area contributed by atoms with Crippen LogP contribution >= 0.6 is 15.9 Å². The van der Waals surface area contributed by atoms with Gasteiger partial charge >= 0.3 is 5.97 Å². The van der Waals surface area contributed by atoms with Crippen LogP contribution < -0.4 is 4.90 Å². The van der Waals surface area contributed by atoms with Gasteiger partial charge in [0.2, 0.25) is 0 Å². The van der Waals surface area contributed by atoms with Crippen molar-refractivity contribution < 1.29 is 14.3 Å². The number of aromatic nitrogens is 1. The molecule has 0 fully saturated rings. The Labute approximate surface area is 194 Å². The molecular weight excluding hydrogens is 468 g/mol. The molecule has 0 aliphatic heterocycles. The average molecular weight is 489 g/mol. The van der Waals surface area contributed by atoms with Gasteiger partial charge in [-0.2, -0.15) is 0 Å². The molecule has 0 bridgehead atoms. The van der Waals surface area contributed by atoms with Crippen molar-refractivity contribution in [2.24, 2.45) is 0 Å². The smallest absolute Gasteiger partial charge is 0.338 e. The third kappa shape index (κ3) is 4.55.